The largest absolute Gasteiger partial charge is 0.501 e. The van der Waals surface area contributed by atoms with Crippen LogP contribution in [0.5, 0.6) is 5.75 Å². The van der Waals surface area contributed by atoms with E-state index in [1.54, 1.807) is 18.0 Å². The molecule has 1 aromatic carbocycles. The van der Waals surface area contributed by atoms with Crippen LogP contribution in [0, 0.1) is 22.9 Å². The predicted molar refractivity (Wildman–Crippen MR) is 119 cm³/mol. The van der Waals surface area contributed by atoms with E-state index in [0.717, 1.165) is 6.07 Å². The van der Waals surface area contributed by atoms with Crippen molar-refractivity contribution >= 4 is 34.7 Å². The van der Waals surface area contributed by atoms with Gasteiger partial charge in [-0.2, -0.15) is 0 Å². The molecule has 3 aromatic rings. The molecule has 0 unspecified atom stereocenters. The van der Waals surface area contributed by atoms with Crippen LogP contribution in [-0.2, 0) is 0 Å². The number of nitrogens with zero attached hydrogens (tertiary/aromatic N) is 4. The number of nitrogens with one attached hydrogen (secondary N) is 2. The number of anilines is 2. The van der Waals surface area contributed by atoms with Gasteiger partial charge in [0.1, 0.15) is 5.56 Å². The summed E-state index contributed by atoms with van der Waals surface area (Å²) in [6.07, 6.45) is 2.75. The number of aromatic hydroxyl groups is 1. The zero-order chi connectivity index (χ0) is 24.6. The third-order valence-corrected chi connectivity index (χ3v) is 5.60. The molecular formula is C21H21FN6O6. The molecular weight excluding hydrogens is 451 g/mol. The smallest absolute Gasteiger partial charge is 0.404 e. The van der Waals surface area contributed by atoms with E-state index >= 15 is 0 Å². The van der Waals surface area contributed by atoms with E-state index in [2.05, 4.69) is 15.6 Å². The molecule has 0 radical (unpaired) electrons. The summed E-state index contributed by atoms with van der Waals surface area (Å²) < 4.78 is 15.7. The molecule has 0 bridgehead atoms. The number of aryl methyl sites for hydroxylation is 1. The number of carbonyl (C=O) groups is 2. The molecule has 1 fully saturated rings. The lowest BCUT2D eigenvalue weighted by atomic mass is 10.0. The number of hydrogen-bond acceptors (Lipinski definition) is 7. The number of phenolic OH excluding ortho intramolecular Hbond substituents is 1. The Bertz CT molecular complexity index is 1300. The number of carboxylic acid groups (broad SMARTS) is 1. The zero-order valence-electron chi connectivity index (χ0n) is 18.0. The van der Waals surface area contributed by atoms with Gasteiger partial charge in [0, 0.05) is 37.6 Å². The van der Waals surface area contributed by atoms with Crippen molar-refractivity contribution in [3.8, 4) is 5.75 Å². The highest BCUT2D eigenvalue weighted by molar-refractivity contribution is 6.08. The predicted octanol–water partition coefficient (Wildman–Crippen LogP) is 2.88. The summed E-state index contributed by atoms with van der Waals surface area (Å²) in [6, 6.07) is 3.41. The van der Waals surface area contributed by atoms with E-state index < -0.39 is 39.7 Å². The van der Waals surface area contributed by atoms with E-state index in [-0.39, 0.29) is 23.1 Å². The number of carbonyl (C=O) groups excluding carboxylic acids is 1. The van der Waals surface area contributed by atoms with Crippen LogP contribution in [0.2, 0.25) is 0 Å². The van der Waals surface area contributed by atoms with E-state index in [0.29, 0.717) is 31.6 Å². The first-order chi connectivity index (χ1) is 16.1. The van der Waals surface area contributed by atoms with Crippen molar-refractivity contribution in [2.24, 2.45) is 0 Å². The number of aromatic nitrogens is 2. The van der Waals surface area contributed by atoms with Gasteiger partial charge in [-0.05, 0) is 31.9 Å². The van der Waals surface area contributed by atoms with Crippen LogP contribution < -0.4 is 15.5 Å². The molecule has 0 aliphatic carbocycles. The number of nitro groups is 1. The Morgan fingerprint density at radius 2 is 1.97 bits per heavy atom. The Kier molecular flexibility index (Phi) is 5.92. The number of nitro benzene ring substituents is 1. The monoisotopic (exact) mass is 472 g/mol. The fourth-order valence-electron chi connectivity index (χ4n) is 4.08. The first-order valence-corrected chi connectivity index (χ1v) is 10.3. The molecule has 0 atom stereocenters. The van der Waals surface area contributed by atoms with Gasteiger partial charge in [-0.25, -0.2) is 14.2 Å². The molecule has 1 aliphatic rings. The standard InChI is InChI=1S/C21H21FN6O6/c1-11-9-27-10-13(8-15(22)19(27)23-11)24-20(30)14-2-3-16(18(29)17(14)28(33)34)26-6-4-12(5-7-26)25-21(31)32/h2-3,8-10,12,25,29H,4-7H2,1H3,(H,24,30)(H,31,32). The Hall–Kier alpha value is -4.42. The third kappa shape index (κ3) is 4.40. The maximum atomic E-state index is 14.3. The normalized spacial score (nSPS) is 14.2. The summed E-state index contributed by atoms with van der Waals surface area (Å²) in [4.78, 5) is 40.2. The molecule has 3 heterocycles. The molecule has 178 valence electrons. The van der Waals surface area contributed by atoms with E-state index in [1.807, 2.05) is 0 Å². The van der Waals surface area contributed by atoms with Gasteiger partial charge in [-0.15, -0.1) is 0 Å². The third-order valence-electron chi connectivity index (χ3n) is 5.60. The van der Waals surface area contributed by atoms with E-state index in [9.17, 15) is 29.2 Å². The lowest BCUT2D eigenvalue weighted by molar-refractivity contribution is -0.386. The van der Waals surface area contributed by atoms with Crippen molar-refractivity contribution in [2.75, 3.05) is 23.3 Å². The maximum Gasteiger partial charge on any atom is 0.404 e. The van der Waals surface area contributed by atoms with Gasteiger partial charge >= 0.3 is 11.8 Å². The van der Waals surface area contributed by atoms with Crippen molar-refractivity contribution in [1.82, 2.24) is 14.7 Å². The topological polar surface area (TPSA) is 162 Å². The van der Waals surface area contributed by atoms with Crippen molar-refractivity contribution < 1.29 is 29.1 Å². The fraction of sp³-hybridized carbons (Fsp3) is 0.286. The maximum absolute atomic E-state index is 14.3. The lowest BCUT2D eigenvalue weighted by Gasteiger charge is -2.33. The zero-order valence-corrected chi connectivity index (χ0v) is 18.0. The molecule has 12 nitrogen and oxygen atoms in total. The number of amides is 2. The highest BCUT2D eigenvalue weighted by Gasteiger charge is 2.31. The van der Waals surface area contributed by atoms with Crippen molar-refractivity contribution in [3.05, 3.63) is 57.8 Å². The highest BCUT2D eigenvalue weighted by atomic mass is 19.1. The van der Waals surface area contributed by atoms with Crippen LogP contribution in [-0.4, -0.2) is 55.7 Å². The number of imidazole rings is 1. The van der Waals surface area contributed by atoms with Gasteiger partial charge in [0.2, 0.25) is 5.75 Å². The minimum atomic E-state index is -1.13. The average Bonchev–Trinajstić information content (AvgIpc) is 3.14. The van der Waals surface area contributed by atoms with Crippen molar-refractivity contribution in [3.63, 3.8) is 0 Å². The first-order valence-electron chi connectivity index (χ1n) is 10.3. The van der Waals surface area contributed by atoms with Crippen LogP contribution in [0.4, 0.5) is 26.2 Å². The van der Waals surface area contributed by atoms with E-state index in [4.69, 9.17) is 5.11 Å². The summed E-state index contributed by atoms with van der Waals surface area (Å²) >= 11 is 0. The second-order valence-electron chi connectivity index (χ2n) is 7.94. The Morgan fingerprint density at radius 1 is 1.26 bits per heavy atom. The van der Waals surface area contributed by atoms with Gasteiger partial charge in [0.05, 0.1) is 22.0 Å². The van der Waals surface area contributed by atoms with Crippen LogP contribution in [0.25, 0.3) is 5.65 Å². The number of rotatable bonds is 5. The molecule has 0 spiro atoms. The quantitative estimate of drug-likeness (QED) is 0.325. The first kappa shape index (κ1) is 22.8. The van der Waals surface area contributed by atoms with Crippen LogP contribution in [0.3, 0.4) is 0 Å². The van der Waals surface area contributed by atoms with Gasteiger partial charge in [0.15, 0.2) is 11.5 Å². The molecule has 4 N–H and O–H groups in total. The molecule has 2 amide bonds. The Morgan fingerprint density at radius 3 is 2.62 bits per heavy atom. The SMILES string of the molecule is Cc1cn2cc(NC(=O)c3ccc(N4CCC(NC(=O)O)CC4)c(O)c3[N+](=O)[O-])cc(F)c2n1. The highest BCUT2D eigenvalue weighted by Crippen LogP contribution is 2.40. The number of pyridine rings is 1. The number of halogens is 1. The molecule has 2 aromatic heterocycles. The number of fused-ring (bicyclic) bond motifs is 1. The summed E-state index contributed by atoms with van der Waals surface area (Å²) in [6.45, 7) is 2.39. The summed E-state index contributed by atoms with van der Waals surface area (Å²) in [7, 11) is 0. The number of benzene rings is 1. The molecule has 13 heteroatoms. The summed E-state index contributed by atoms with van der Waals surface area (Å²) in [5, 5.41) is 36.1. The summed E-state index contributed by atoms with van der Waals surface area (Å²) in [5.41, 5.74) is -0.305. The Balaban J connectivity index is 1.59. The second kappa shape index (κ2) is 8.84. The van der Waals surface area contributed by atoms with Crippen LogP contribution in [0.15, 0.2) is 30.6 Å². The Labute approximate surface area is 191 Å². The van der Waals surface area contributed by atoms with Gasteiger partial charge in [-0.3, -0.25) is 14.9 Å². The lowest BCUT2D eigenvalue weighted by Crippen LogP contribution is -2.44. The summed E-state index contributed by atoms with van der Waals surface area (Å²) in [5.74, 6) is -2.25. The second-order valence-corrected chi connectivity index (χ2v) is 7.94. The number of piperidine rings is 1. The average molecular weight is 472 g/mol. The van der Waals surface area contributed by atoms with Gasteiger partial charge < -0.3 is 30.1 Å². The number of phenols is 1. The molecule has 1 saturated heterocycles. The fourth-order valence-corrected chi connectivity index (χ4v) is 4.08. The minimum Gasteiger partial charge on any atom is -0.501 e. The van der Waals surface area contributed by atoms with Gasteiger partial charge in [-0.1, -0.05) is 0 Å². The molecule has 0 saturated carbocycles. The molecule has 34 heavy (non-hydrogen) atoms. The van der Waals surface area contributed by atoms with E-state index in [1.165, 1.54) is 22.7 Å². The number of hydrogen-bond donors (Lipinski definition) is 4. The van der Waals surface area contributed by atoms with Crippen molar-refractivity contribution in [1.29, 1.82) is 0 Å². The molecule has 4 rings (SSSR count). The van der Waals surface area contributed by atoms with Crippen LogP contribution in [0.1, 0.15) is 28.9 Å². The minimum absolute atomic E-state index is 0.0540. The van der Waals surface area contributed by atoms with Gasteiger partial charge in [0.25, 0.3) is 5.91 Å². The molecule has 1 aliphatic heterocycles. The van der Waals surface area contributed by atoms with Crippen molar-refractivity contribution in [2.45, 2.75) is 25.8 Å². The van der Waals surface area contributed by atoms with Crippen LogP contribution >= 0.6 is 0 Å².